The van der Waals surface area contributed by atoms with E-state index in [0.717, 1.165) is 40.8 Å². The van der Waals surface area contributed by atoms with E-state index in [-0.39, 0.29) is 17.4 Å². The van der Waals surface area contributed by atoms with Crippen molar-refractivity contribution in [1.82, 2.24) is 0 Å². The molecule has 0 radical (unpaired) electrons. The molecule has 30 heavy (non-hydrogen) atoms. The third-order valence-corrected chi connectivity index (χ3v) is 6.35. The summed E-state index contributed by atoms with van der Waals surface area (Å²) in [5, 5.41) is 19.8. The van der Waals surface area contributed by atoms with Crippen LogP contribution in [0.2, 0.25) is 0 Å². The molecule has 164 valence electrons. The Labute approximate surface area is 180 Å². The molecule has 2 N–H and O–H groups in total. The van der Waals surface area contributed by atoms with E-state index < -0.39 is 12.1 Å². The third kappa shape index (κ3) is 4.86. The van der Waals surface area contributed by atoms with Crippen molar-refractivity contribution in [2.45, 2.75) is 72.8 Å². The molecule has 2 aromatic rings. The van der Waals surface area contributed by atoms with Gasteiger partial charge in [-0.25, -0.2) is 4.79 Å². The molecule has 0 bridgehead atoms. The Morgan fingerprint density at radius 3 is 2.03 bits per heavy atom. The number of aliphatic hydroxyl groups excluding tert-OH is 1. The van der Waals surface area contributed by atoms with E-state index in [2.05, 4.69) is 26.0 Å². The van der Waals surface area contributed by atoms with Gasteiger partial charge in [-0.3, -0.25) is 0 Å². The number of aryl methyl sites for hydroxylation is 2. The Hall–Kier alpha value is -2.33. The minimum absolute atomic E-state index is 0.235. The average Bonchev–Trinajstić information content (AvgIpc) is 2.68. The molecule has 2 rings (SSSR count). The molecule has 0 spiro atoms. The van der Waals surface area contributed by atoms with Crippen LogP contribution in [0.25, 0.3) is 0 Å². The van der Waals surface area contributed by atoms with Crippen molar-refractivity contribution in [2.75, 3.05) is 6.61 Å². The molecule has 2 aromatic carbocycles. The molecule has 0 fully saturated rings. The van der Waals surface area contributed by atoms with Crippen LogP contribution >= 0.6 is 0 Å². The number of hydrogen-bond donors (Lipinski definition) is 2. The van der Waals surface area contributed by atoms with Crippen LogP contribution in [0.4, 0.5) is 0 Å². The summed E-state index contributed by atoms with van der Waals surface area (Å²) in [5.74, 6) is -0.133. The Morgan fingerprint density at radius 1 is 0.967 bits per heavy atom. The van der Waals surface area contributed by atoms with Crippen LogP contribution in [-0.4, -0.2) is 28.9 Å². The molecule has 1 unspecified atom stereocenters. The third-order valence-electron chi connectivity index (χ3n) is 6.35. The molecule has 1 atom stereocenters. The predicted octanol–water partition coefficient (Wildman–Crippen LogP) is 5.89. The lowest BCUT2D eigenvalue weighted by molar-refractivity contribution is 0.0216. The summed E-state index contributed by atoms with van der Waals surface area (Å²) in [6.07, 6.45) is 1.16. The number of ether oxygens (including phenoxy) is 1. The molecule has 0 heterocycles. The number of carboxylic acid groups (broad SMARTS) is 1. The Bertz CT molecular complexity index is 888. The highest BCUT2D eigenvalue weighted by Crippen LogP contribution is 2.41. The maximum atomic E-state index is 11.7. The molecule has 0 aliphatic heterocycles. The van der Waals surface area contributed by atoms with Crippen molar-refractivity contribution in [1.29, 1.82) is 0 Å². The van der Waals surface area contributed by atoms with Crippen LogP contribution in [0.15, 0.2) is 36.4 Å². The number of hydrogen-bond acceptors (Lipinski definition) is 3. The number of aromatic carboxylic acids is 1. The van der Waals surface area contributed by atoms with Gasteiger partial charge in [0.05, 0.1) is 11.7 Å². The van der Waals surface area contributed by atoms with Crippen LogP contribution in [0.1, 0.15) is 80.1 Å². The second-order valence-electron chi connectivity index (χ2n) is 9.30. The minimum Gasteiger partial charge on any atom is -0.491 e. The fourth-order valence-electron chi connectivity index (χ4n) is 3.91. The molecule has 4 heteroatoms. The van der Waals surface area contributed by atoms with Crippen molar-refractivity contribution in [3.63, 3.8) is 0 Å². The lowest BCUT2D eigenvalue weighted by Gasteiger charge is -2.34. The Balaban J connectivity index is 2.42. The van der Waals surface area contributed by atoms with Gasteiger partial charge in [0.1, 0.15) is 12.4 Å². The Kier molecular flexibility index (Phi) is 7.36. The van der Waals surface area contributed by atoms with Crippen LogP contribution in [0, 0.1) is 19.3 Å². The number of rotatable bonds is 8. The SMILES string of the molecule is CCC(CC)(c1ccc(OCC(O)C(C)(C)C)c(C)c1)c1ccc(C)c(C(=O)O)c1. The van der Waals surface area contributed by atoms with Gasteiger partial charge in [0.15, 0.2) is 0 Å². The summed E-state index contributed by atoms with van der Waals surface area (Å²) >= 11 is 0. The van der Waals surface area contributed by atoms with Gasteiger partial charge in [0, 0.05) is 5.41 Å². The van der Waals surface area contributed by atoms with E-state index >= 15 is 0 Å². The number of benzene rings is 2. The van der Waals surface area contributed by atoms with E-state index in [1.165, 1.54) is 0 Å². The summed E-state index contributed by atoms with van der Waals surface area (Å²) in [4.78, 5) is 11.7. The van der Waals surface area contributed by atoms with Crippen LogP contribution in [0.5, 0.6) is 5.75 Å². The highest BCUT2D eigenvalue weighted by Gasteiger charge is 2.32. The smallest absolute Gasteiger partial charge is 0.335 e. The van der Waals surface area contributed by atoms with Gasteiger partial charge < -0.3 is 14.9 Å². The maximum Gasteiger partial charge on any atom is 0.335 e. The van der Waals surface area contributed by atoms with Crippen molar-refractivity contribution >= 4 is 5.97 Å². The van der Waals surface area contributed by atoms with Gasteiger partial charge in [0.2, 0.25) is 0 Å². The molecule has 0 aliphatic carbocycles. The van der Waals surface area contributed by atoms with E-state index in [1.807, 2.05) is 58.9 Å². The summed E-state index contributed by atoms with van der Waals surface area (Å²) < 4.78 is 5.90. The number of carbonyl (C=O) groups is 1. The first-order valence-electron chi connectivity index (χ1n) is 10.7. The first-order valence-corrected chi connectivity index (χ1v) is 10.7. The average molecular weight is 413 g/mol. The molecule has 4 nitrogen and oxygen atoms in total. The maximum absolute atomic E-state index is 11.7. The van der Waals surface area contributed by atoms with E-state index in [4.69, 9.17) is 4.74 Å². The zero-order chi connectivity index (χ0) is 22.7. The van der Waals surface area contributed by atoms with Gasteiger partial charge in [-0.05, 0) is 66.5 Å². The van der Waals surface area contributed by atoms with E-state index in [1.54, 1.807) is 0 Å². The van der Waals surface area contributed by atoms with Gasteiger partial charge in [-0.1, -0.05) is 58.9 Å². The lowest BCUT2D eigenvalue weighted by Crippen LogP contribution is -2.32. The molecule has 0 saturated heterocycles. The predicted molar refractivity (Wildman–Crippen MR) is 122 cm³/mol. The normalized spacial score (nSPS) is 13.2. The van der Waals surface area contributed by atoms with Gasteiger partial charge in [0.25, 0.3) is 0 Å². The van der Waals surface area contributed by atoms with Gasteiger partial charge >= 0.3 is 5.97 Å². The molecule has 0 aromatic heterocycles. The molecule has 0 amide bonds. The number of carboxylic acids is 1. The van der Waals surface area contributed by atoms with E-state index in [9.17, 15) is 15.0 Å². The quantitative estimate of drug-likeness (QED) is 0.567. The molecular weight excluding hydrogens is 376 g/mol. The largest absolute Gasteiger partial charge is 0.491 e. The number of aliphatic hydroxyl groups is 1. The minimum atomic E-state index is -0.896. The first-order chi connectivity index (χ1) is 14.0. The van der Waals surface area contributed by atoms with Crippen molar-refractivity contribution in [3.8, 4) is 5.75 Å². The zero-order valence-corrected chi connectivity index (χ0v) is 19.4. The lowest BCUT2D eigenvalue weighted by atomic mass is 9.70. The zero-order valence-electron chi connectivity index (χ0n) is 19.4. The summed E-state index contributed by atoms with van der Waals surface area (Å²) in [5.41, 5.74) is 3.79. The van der Waals surface area contributed by atoms with Crippen molar-refractivity contribution < 1.29 is 19.7 Å². The van der Waals surface area contributed by atoms with Gasteiger partial charge in [-0.2, -0.15) is 0 Å². The monoisotopic (exact) mass is 412 g/mol. The molecule has 0 saturated carbocycles. The highest BCUT2D eigenvalue weighted by atomic mass is 16.5. The van der Waals surface area contributed by atoms with Crippen molar-refractivity contribution in [3.05, 3.63) is 64.2 Å². The highest BCUT2D eigenvalue weighted by molar-refractivity contribution is 5.89. The standard InChI is InChI=1S/C26H36O4/c1-8-26(9-2,20-11-10-17(3)21(15-20)24(28)29)19-12-13-22(18(4)14-19)30-16-23(27)25(5,6)7/h10-15,23,27H,8-9,16H2,1-7H3,(H,28,29). The van der Waals surface area contributed by atoms with Crippen molar-refractivity contribution in [2.24, 2.45) is 5.41 Å². The Morgan fingerprint density at radius 2 is 1.53 bits per heavy atom. The fourth-order valence-corrected chi connectivity index (χ4v) is 3.91. The second-order valence-corrected chi connectivity index (χ2v) is 9.30. The van der Waals surface area contributed by atoms with E-state index in [0.29, 0.717) is 5.56 Å². The molecular formula is C26H36O4. The first kappa shape index (κ1) is 23.9. The second kappa shape index (κ2) is 9.22. The van der Waals surface area contributed by atoms with Gasteiger partial charge in [-0.15, -0.1) is 0 Å². The summed E-state index contributed by atoms with van der Waals surface area (Å²) in [6.45, 7) is 14.3. The summed E-state index contributed by atoms with van der Waals surface area (Å²) in [6, 6.07) is 11.9. The fraction of sp³-hybridized carbons (Fsp3) is 0.500. The summed E-state index contributed by atoms with van der Waals surface area (Å²) in [7, 11) is 0. The topological polar surface area (TPSA) is 66.8 Å². The van der Waals surface area contributed by atoms with Crippen LogP contribution < -0.4 is 4.74 Å². The molecule has 0 aliphatic rings. The van der Waals surface area contributed by atoms with Crippen LogP contribution in [-0.2, 0) is 5.41 Å². The van der Waals surface area contributed by atoms with Crippen LogP contribution in [0.3, 0.4) is 0 Å².